The van der Waals surface area contributed by atoms with Gasteiger partial charge in [-0.15, -0.1) is 0 Å². The zero-order chi connectivity index (χ0) is 18.7. The van der Waals surface area contributed by atoms with E-state index in [1.54, 1.807) is 55.6 Å². The van der Waals surface area contributed by atoms with E-state index in [1.807, 2.05) is 6.07 Å². The van der Waals surface area contributed by atoms with Crippen molar-refractivity contribution >= 4 is 23.4 Å². The maximum absolute atomic E-state index is 12.3. The molecule has 0 aromatic heterocycles. The minimum absolute atomic E-state index is 0.106. The third-order valence-electron chi connectivity index (χ3n) is 4.31. The molecule has 0 unspecified atom stereocenters. The Morgan fingerprint density at radius 2 is 1.73 bits per heavy atom. The molecule has 1 aliphatic heterocycles. The smallest absolute Gasteiger partial charge is 0.310 e. The molecule has 3 amide bonds. The number of likely N-dealkylation sites (N-methyl/N-ethyl adjacent to an activating group) is 1. The van der Waals surface area contributed by atoms with Gasteiger partial charge in [0.1, 0.15) is 6.04 Å². The topological polar surface area (TPSA) is 98.7 Å². The number of hydrogen-bond donors (Lipinski definition) is 3. The normalized spacial score (nSPS) is 16.8. The Hall–Kier alpha value is -3.19. The van der Waals surface area contributed by atoms with Gasteiger partial charge >= 0.3 is 11.8 Å². The lowest BCUT2D eigenvalue weighted by atomic mass is 10.1. The summed E-state index contributed by atoms with van der Waals surface area (Å²) in [6.45, 7) is -0.106. The summed E-state index contributed by atoms with van der Waals surface area (Å²) in [4.78, 5) is 37.9. The minimum Gasteiger partial charge on any atom is -0.387 e. The number of amides is 3. The number of fused-ring (bicyclic) bond motifs is 1. The first kappa shape index (κ1) is 17.6. The number of carbonyl (C=O) groups excluding carboxylic acids is 3. The fourth-order valence-electron chi connectivity index (χ4n) is 2.88. The average Bonchev–Trinajstić information content (AvgIpc) is 2.91. The van der Waals surface area contributed by atoms with Crippen LogP contribution in [0.15, 0.2) is 54.6 Å². The van der Waals surface area contributed by atoms with E-state index >= 15 is 0 Å². The van der Waals surface area contributed by atoms with Gasteiger partial charge in [-0.05, 0) is 11.6 Å². The number of aliphatic hydroxyl groups is 1. The number of carbonyl (C=O) groups is 3. The van der Waals surface area contributed by atoms with Crippen LogP contribution in [-0.2, 0) is 14.4 Å². The van der Waals surface area contributed by atoms with Crippen molar-refractivity contribution in [2.24, 2.45) is 0 Å². The van der Waals surface area contributed by atoms with Gasteiger partial charge in [-0.2, -0.15) is 0 Å². The minimum atomic E-state index is -0.923. The fraction of sp³-hybridized carbons (Fsp3) is 0.211. The summed E-state index contributed by atoms with van der Waals surface area (Å²) >= 11 is 0. The summed E-state index contributed by atoms with van der Waals surface area (Å²) in [5, 5.41) is 14.9. The van der Waals surface area contributed by atoms with Crippen LogP contribution in [0.2, 0.25) is 0 Å². The van der Waals surface area contributed by atoms with Crippen LogP contribution in [0.1, 0.15) is 23.3 Å². The third kappa shape index (κ3) is 3.43. The van der Waals surface area contributed by atoms with Crippen molar-refractivity contribution in [3.05, 3.63) is 65.7 Å². The van der Waals surface area contributed by atoms with E-state index in [2.05, 4.69) is 10.6 Å². The highest BCUT2D eigenvalue weighted by molar-refractivity contribution is 6.35. The average molecular weight is 353 g/mol. The molecule has 1 heterocycles. The van der Waals surface area contributed by atoms with Gasteiger partial charge in [0, 0.05) is 24.8 Å². The molecule has 3 rings (SSSR count). The Kier molecular flexibility index (Phi) is 4.99. The number of anilines is 1. The van der Waals surface area contributed by atoms with E-state index in [4.69, 9.17) is 0 Å². The van der Waals surface area contributed by atoms with Gasteiger partial charge in [0.05, 0.1) is 6.10 Å². The summed E-state index contributed by atoms with van der Waals surface area (Å²) in [6.07, 6.45) is -0.923. The molecule has 0 saturated heterocycles. The Morgan fingerprint density at radius 3 is 2.46 bits per heavy atom. The first-order valence-corrected chi connectivity index (χ1v) is 8.17. The Bertz CT molecular complexity index is 838. The second-order valence-corrected chi connectivity index (χ2v) is 6.00. The van der Waals surface area contributed by atoms with Crippen LogP contribution in [0.25, 0.3) is 0 Å². The Balaban J connectivity index is 1.60. The number of hydrogen-bond acceptors (Lipinski definition) is 4. The van der Waals surface area contributed by atoms with E-state index < -0.39 is 24.0 Å². The maximum Gasteiger partial charge on any atom is 0.310 e. The van der Waals surface area contributed by atoms with Crippen molar-refractivity contribution in [3.8, 4) is 0 Å². The molecule has 7 nitrogen and oxygen atoms in total. The van der Waals surface area contributed by atoms with Crippen LogP contribution >= 0.6 is 0 Å². The largest absolute Gasteiger partial charge is 0.387 e. The second-order valence-electron chi connectivity index (χ2n) is 6.00. The first-order valence-electron chi connectivity index (χ1n) is 8.17. The summed E-state index contributed by atoms with van der Waals surface area (Å²) < 4.78 is 0. The Labute approximate surface area is 150 Å². The molecule has 0 saturated carbocycles. The highest BCUT2D eigenvalue weighted by Crippen LogP contribution is 2.34. The highest BCUT2D eigenvalue weighted by Gasteiger charge is 2.36. The van der Waals surface area contributed by atoms with Crippen LogP contribution in [0.4, 0.5) is 5.69 Å². The van der Waals surface area contributed by atoms with Crippen molar-refractivity contribution in [3.63, 3.8) is 0 Å². The molecule has 0 aliphatic carbocycles. The molecular weight excluding hydrogens is 334 g/mol. The predicted octanol–water partition coefficient (Wildman–Crippen LogP) is 0.670. The van der Waals surface area contributed by atoms with Crippen molar-refractivity contribution in [2.45, 2.75) is 12.1 Å². The predicted molar refractivity (Wildman–Crippen MR) is 95.1 cm³/mol. The second kappa shape index (κ2) is 7.37. The van der Waals surface area contributed by atoms with E-state index in [1.165, 1.54) is 4.90 Å². The third-order valence-corrected chi connectivity index (χ3v) is 4.31. The molecule has 7 heteroatoms. The Morgan fingerprint density at radius 1 is 1.08 bits per heavy atom. The van der Waals surface area contributed by atoms with Crippen LogP contribution in [0.5, 0.6) is 0 Å². The lowest BCUT2D eigenvalue weighted by molar-refractivity contribution is -0.140. The van der Waals surface area contributed by atoms with Gasteiger partial charge in [0.15, 0.2) is 0 Å². The molecule has 1 aliphatic rings. The molecule has 26 heavy (non-hydrogen) atoms. The van der Waals surface area contributed by atoms with E-state index in [0.29, 0.717) is 16.8 Å². The molecule has 0 spiro atoms. The molecule has 2 aromatic rings. The number of nitrogens with zero attached hydrogens (tertiary/aromatic N) is 1. The number of para-hydroxylation sites is 1. The van der Waals surface area contributed by atoms with Gasteiger partial charge in [0.2, 0.25) is 0 Å². The van der Waals surface area contributed by atoms with Gasteiger partial charge in [-0.25, -0.2) is 0 Å². The molecule has 0 bridgehead atoms. The molecule has 3 N–H and O–H groups in total. The lowest BCUT2D eigenvalue weighted by Gasteiger charge is -2.14. The lowest BCUT2D eigenvalue weighted by Crippen LogP contribution is -2.45. The van der Waals surface area contributed by atoms with Gasteiger partial charge < -0.3 is 20.6 Å². The SMILES string of the molecule is CN1C(=O)[C@H](NC(=O)C(=O)NC[C@H](O)c2ccccc2)c2ccccc21. The van der Waals surface area contributed by atoms with Gasteiger partial charge in [-0.1, -0.05) is 48.5 Å². The van der Waals surface area contributed by atoms with Crippen LogP contribution in [0.3, 0.4) is 0 Å². The summed E-state index contributed by atoms with van der Waals surface area (Å²) in [7, 11) is 1.61. The number of aliphatic hydroxyl groups excluding tert-OH is 1. The molecular formula is C19H19N3O4. The summed E-state index contributed by atoms with van der Waals surface area (Å²) in [6, 6.07) is 15.0. The van der Waals surface area contributed by atoms with E-state index in [-0.39, 0.29) is 12.5 Å². The zero-order valence-corrected chi connectivity index (χ0v) is 14.2. The zero-order valence-electron chi connectivity index (χ0n) is 14.2. The van der Waals surface area contributed by atoms with Crippen LogP contribution < -0.4 is 15.5 Å². The first-order chi connectivity index (χ1) is 12.5. The van der Waals surface area contributed by atoms with Crippen LogP contribution in [0, 0.1) is 0 Å². The molecule has 2 aromatic carbocycles. The molecule has 0 fully saturated rings. The summed E-state index contributed by atoms with van der Waals surface area (Å²) in [5.41, 5.74) is 1.97. The monoisotopic (exact) mass is 353 g/mol. The molecule has 2 atom stereocenters. The van der Waals surface area contributed by atoms with E-state index in [0.717, 1.165) is 0 Å². The number of benzene rings is 2. The fourth-order valence-corrected chi connectivity index (χ4v) is 2.88. The summed E-state index contributed by atoms with van der Waals surface area (Å²) in [5.74, 6) is -2.13. The van der Waals surface area contributed by atoms with Crippen molar-refractivity contribution < 1.29 is 19.5 Å². The highest BCUT2D eigenvalue weighted by atomic mass is 16.3. The van der Waals surface area contributed by atoms with Crippen molar-refractivity contribution in [2.75, 3.05) is 18.5 Å². The van der Waals surface area contributed by atoms with Gasteiger partial charge in [-0.3, -0.25) is 14.4 Å². The standard InChI is InChI=1S/C19H19N3O4/c1-22-14-10-6-5-9-13(14)16(19(22)26)21-18(25)17(24)20-11-15(23)12-7-3-2-4-8-12/h2-10,15-16,23H,11H2,1H3,(H,20,24)(H,21,25)/t15-,16+/m0/s1. The van der Waals surface area contributed by atoms with Crippen molar-refractivity contribution in [1.29, 1.82) is 0 Å². The quantitative estimate of drug-likeness (QED) is 0.704. The number of rotatable bonds is 4. The number of nitrogens with one attached hydrogen (secondary N) is 2. The molecule has 134 valence electrons. The van der Waals surface area contributed by atoms with E-state index in [9.17, 15) is 19.5 Å². The van der Waals surface area contributed by atoms with Crippen molar-refractivity contribution in [1.82, 2.24) is 10.6 Å². The van der Waals surface area contributed by atoms with Gasteiger partial charge in [0.25, 0.3) is 5.91 Å². The maximum atomic E-state index is 12.3. The molecule has 0 radical (unpaired) electrons. The van der Waals surface area contributed by atoms with Crippen LogP contribution in [-0.4, -0.2) is 36.4 Å².